The number of nitrogens with zero attached hydrogens (tertiary/aromatic N) is 3. The summed E-state index contributed by atoms with van der Waals surface area (Å²) in [6.07, 6.45) is 0. The molecule has 1 aromatic heterocycles. The van der Waals surface area contributed by atoms with E-state index < -0.39 is 0 Å². The molecule has 1 amide bonds. The Morgan fingerprint density at radius 1 is 0.897 bits per heavy atom. The molecule has 0 bridgehead atoms. The summed E-state index contributed by atoms with van der Waals surface area (Å²) in [6.45, 7) is 0. The minimum atomic E-state index is -0.267. The summed E-state index contributed by atoms with van der Waals surface area (Å²) in [7, 11) is 1.60. The summed E-state index contributed by atoms with van der Waals surface area (Å²) in [6, 6.07) is 34.2. The van der Waals surface area contributed by atoms with Gasteiger partial charge in [-0.1, -0.05) is 78.9 Å². The zero-order valence-corrected chi connectivity index (χ0v) is 21.1. The van der Waals surface area contributed by atoms with E-state index in [1.165, 1.54) is 0 Å². The Morgan fingerprint density at radius 3 is 2.31 bits per heavy atom. The summed E-state index contributed by atoms with van der Waals surface area (Å²) in [5, 5.41) is 17.7. The van der Waals surface area contributed by atoms with Crippen LogP contribution in [-0.2, 0) is 4.79 Å². The molecule has 4 aromatic rings. The molecular weight excluding hydrogens is 488 g/mol. The molecule has 3 aromatic carbocycles. The average Bonchev–Trinajstić information content (AvgIpc) is 3.38. The van der Waals surface area contributed by atoms with Crippen molar-refractivity contribution in [3.8, 4) is 11.8 Å². The summed E-state index contributed by atoms with van der Waals surface area (Å²) < 4.78 is 5.32. The van der Waals surface area contributed by atoms with Crippen molar-refractivity contribution in [1.29, 1.82) is 5.26 Å². The molecule has 0 radical (unpaired) electrons. The van der Waals surface area contributed by atoms with Crippen LogP contribution in [0, 0.1) is 11.3 Å². The number of nitrogens with one attached hydrogen (secondary N) is 3. The number of rotatable bonds is 6. The molecule has 0 saturated heterocycles. The molecule has 1 atom stereocenters. The maximum absolute atomic E-state index is 14.2. The molecule has 8 nitrogen and oxygen atoms in total. The number of pyridine rings is 1. The van der Waals surface area contributed by atoms with Gasteiger partial charge in [-0.3, -0.25) is 4.79 Å². The van der Waals surface area contributed by atoms with Gasteiger partial charge in [-0.2, -0.15) is 5.26 Å². The minimum absolute atomic E-state index is 0.236. The summed E-state index contributed by atoms with van der Waals surface area (Å²) in [4.78, 5) is 18.6. The van der Waals surface area contributed by atoms with E-state index in [0.29, 0.717) is 34.3 Å². The van der Waals surface area contributed by atoms with Crippen LogP contribution in [0.15, 0.2) is 115 Å². The van der Waals surface area contributed by atoms with Crippen LogP contribution in [0.3, 0.4) is 0 Å². The van der Waals surface area contributed by atoms with Gasteiger partial charge in [-0.05, 0) is 41.0 Å². The van der Waals surface area contributed by atoms with Crippen LogP contribution in [0.2, 0.25) is 0 Å². The van der Waals surface area contributed by atoms with Crippen molar-refractivity contribution in [2.75, 3.05) is 12.4 Å². The quantitative estimate of drug-likeness (QED) is 0.341. The van der Waals surface area contributed by atoms with Crippen LogP contribution in [0.5, 0.6) is 5.75 Å². The monoisotopic (exact) mass is 512 g/mol. The third-order valence-electron chi connectivity index (χ3n) is 6.65. The fraction of sp³-hybridized carbons (Fsp3) is 0.0645. The highest BCUT2D eigenvalue weighted by molar-refractivity contribution is 6.22. The van der Waals surface area contributed by atoms with E-state index in [1.54, 1.807) is 30.3 Å². The Balaban J connectivity index is 1.52. The lowest BCUT2D eigenvalue weighted by Crippen LogP contribution is -2.47. The largest absolute Gasteiger partial charge is 0.497 e. The van der Waals surface area contributed by atoms with E-state index in [-0.39, 0.29) is 17.6 Å². The number of ether oxygens (including phenoxy) is 1. The fourth-order valence-corrected chi connectivity index (χ4v) is 4.82. The first kappa shape index (κ1) is 24.0. The highest BCUT2D eigenvalue weighted by Crippen LogP contribution is 2.41. The van der Waals surface area contributed by atoms with E-state index in [4.69, 9.17) is 4.74 Å². The maximum Gasteiger partial charge on any atom is 0.278 e. The molecule has 0 aliphatic carbocycles. The maximum atomic E-state index is 14.2. The van der Waals surface area contributed by atoms with E-state index >= 15 is 0 Å². The van der Waals surface area contributed by atoms with E-state index in [2.05, 4.69) is 27.1 Å². The van der Waals surface area contributed by atoms with Gasteiger partial charge in [-0.15, -0.1) is 0 Å². The van der Waals surface area contributed by atoms with Crippen LogP contribution in [-0.4, -0.2) is 23.0 Å². The molecule has 1 unspecified atom stereocenters. The molecular formula is C31H24N6O2. The van der Waals surface area contributed by atoms with Crippen molar-refractivity contribution >= 4 is 22.9 Å². The number of benzene rings is 3. The van der Waals surface area contributed by atoms with Crippen LogP contribution in [0.25, 0.3) is 11.1 Å². The van der Waals surface area contributed by atoms with Crippen molar-refractivity contribution < 1.29 is 9.53 Å². The van der Waals surface area contributed by atoms with Crippen LogP contribution < -0.4 is 20.8 Å². The number of nitriles is 1. The second-order valence-electron chi connectivity index (χ2n) is 8.99. The normalized spacial score (nSPS) is 16.5. The van der Waals surface area contributed by atoms with Gasteiger partial charge in [0.2, 0.25) is 0 Å². The molecule has 190 valence electrons. The van der Waals surface area contributed by atoms with Gasteiger partial charge in [0, 0.05) is 5.57 Å². The summed E-state index contributed by atoms with van der Waals surface area (Å²) in [5.41, 5.74) is 7.75. The Bertz CT molecular complexity index is 1640. The number of anilines is 1. The van der Waals surface area contributed by atoms with Crippen molar-refractivity contribution in [2.24, 2.45) is 0 Å². The predicted molar refractivity (Wildman–Crippen MR) is 148 cm³/mol. The average molecular weight is 513 g/mol. The van der Waals surface area contributed by atoms with Crippen molar-refractivity contribution in [3.05, 3.63) is 137 Å². The number of aromatic nitrogens is 1. The van der Waals surface area contributed by atoms with Crippen molar-refractivity contribution in [1.82, 2.24) is 20.7 Å². The molecule has 2 aliphatic heterocycles. The molecule has 8 heteroatoms. The number of amides is 1. The topological polar surface area (TPSA) is 102 Å². The number of hydrogen-bond acceptors (Lipinski definition) is 7. The molecule has 2 aliphatic rings. The number of fused-ring (bicyclic) bond motifs is 1. The Hall–Kier alpha value is -5.39. The smallest absolute Gasteiger partial charge is 0.278 e. The van der Waals surface area contributed by atoms with Gasteiger partial charge in [0.1, 0.15) is 35.0 Å². The second-order valence-corrected chi connectivity index (χ2v) is 8.99. The highest BCUT2D eigenvalue weighted by atomic mass is 16.5. The minimum Gasteiger partial charge on any atom is -0.497 e. The zero-order chi connectivity index (χ0) is 26.8. The molecule has 3 heterocycles. The third-order valence-corrected chi connectivity index (χ3v) is 6.65. The van der Waals surface area contributed by atoms with Crippen molar-refractivity contribution in [2.45, 2.75) is 6.04 Å². The molecule has 6 rings (SSSR count). The van der Waals surface area contributed by atoms with E-state index in [1.807, 2.05) is 84.9 Å². The molecule has 39 heavy (non-hydrogen) atoms. The van der Waals surface area contributed by atoms with Gasteiger partial charge in [0.15, 0.2) is 0 Å². The summed E-state index contributed by atoms with van der Waals surface area (Å²) >= 11 is 0. The Labute approximate surface area is 225 Å². The van der Waals surface area contributed by atoms with Gasteiger partial charge in [0.25, 0.3) is 5.91 Å². The fourth-order valence-electron chi connectivity index (χ4n) is 4.82. The van der Waals surface area contributed by atoms with Gasteiger partial charge in [0.05, 0.1) is 18.7 Å². The standard InChI is InChI=1S/C31H24N6O2/c1-39-24-17-15-21(16-18-24)27-29(34-25-14-8-13-23(19-32)33-25)35-30-26(20-9-4-2-5-10-20)28(36-37(30)31(27)38)22-11-6-3-7-12-22/h2-18,28,35-36H,1H3,(H,33,34). The predicted octanol–water partition coefficient (Wildman–Crippen LogP) is 4.80. The van der Waals surface area contributed by atoms with Gasteiger partial charge >= 0.3 is 0 Å². The number of carbonyl (C=O) groups excluding carboxylic acids is 1. The van der Waals surface area contributed by atoms with Crippen LogP contribution in [0.1, 0.15) is 28.4 Å². The van der Waals surface area contributed by atoms with Gasteiger partial charge in [-0.25, -0.2) is 15.4 Å². The van der Waals surface area contributed by atoms with E-state index in [0.717, 1.165) is 16.7 Å². The first-order valence-corrected chi connectivity index (χ1v) is 12.4. The lowest BCUT2D eigenvalue weighted by molar-refractivity contribution is -0.126. The molecule has 0 saturated carbocycles. The Morgan fingerprint density at radius 2 is 1.62 bits per heavy atom. The summed E-state index contributed by atoms with van der Waals surface area (Å²) in [5.74, 6) is 1.97. The van der Waals surface area contributed by atoms with Crippen molar-refractivity contribution in [3.63, 3.8) is 0 Å². The van der Waals surface area contributed by atoms with Gasteiger partial charge < -0.3 is 15.4 Å². The van der Waals surface area contributed by atoms with E-state index in [9.17, 15) is 10.1 Å². The first-order chi connectivity index (χ1) is 19.2. The lowest BCUT2D eigenvalue weighted by Gasteiger charge is -2.31. The molecule has 0 spiro atoms. The second kappa shape index (κ2) is 10.2. The molecule has 3 N–H and O–H groups in total. The molecule has 0 fully saturated rings. The lowest BCUT2D eigenvalue weighted by atomic mass is 9.94. The Kier molecular flexibility index (Phi) is 6.25. The number of hydrazine groups is 1. The van der Waals surface area contributed by atoms with Crippen LogP contribution >= 0.6 is 0 Å². The number of methoxy groups -OCH3 is 1. The SMILES string of the molecule is COc1ccc(C2=C(Nc3cccc(C#N)n3)NC3=C(c4ccccc4)C(c4ccccc4)NN3C2=O)cc1. The first-order valence-electron chi connectivity index (χ1n) is 12.4. The highest BCUT2D eigenvalue weighted by Gasteiger charge is 2.42. The third kappa shape index (κ3) is 4.48. The van der Waals surface area contributed by atoms with Crippen LogP contribution in [0.4, 0.5) is 5.82 Å². The zero-order valence-electron chi connectivity index (χ0n) is 21.1. The number of carbonyl (C=O) groups is 1. The number of hydrogen-bond donors (Lipinski definition) is 3.